The molecule has 0 rings (SSSR count). The molecule has 0 spiro atoms. The molecular weight excluding hydrogens is 143 g/mol. The van der Waals surface area contributed by atoms with E-state index in [0.717, 1.165) is 6.42 Å². The normalized spacial score (nSPS) is 13.3. The summed E-state index contributed by atoms with van der Waals surface area (Å²) in [5.41, 5.74) is 0. The van der Waals surface area contributed by atoms with Gasteiger partial charge in [0.05, 0.1) is 0 Å². The molecular formula is C7H16AlO2+. The summed E-state index contributed by atoms with van der Waals surface area (Å²) >= 11 is -0.247. The molecule has 0 aromatic rings. The molecule has 1 atom stereocenters. The Morgan fingerprint density at radius 2 is 1.80 bits per heavy atom. The molecule has 0 heterocycles. The molecule has 0 aromatic heterocycles. The quantitative estimate of drug-likeness (QED) is 0.569. The van der Waals surface area contributed by atoms with E-state index in [9.17, 15) is 0 Å². The van der Waals surface area contributed by atoms with Crippen LogP contribution >= 0.6 is 0 Å². The van der Waals surface area contributed by atoms with Gasteiger partial charge in [-0.25, -0.2) is 0 Å². The van der Waals surface area contributed by atoms with E-state index in [1.165, 1.54) is 0 Å². The summed E-state index contributed by atoms with van der Waals surface area (Å²) in [7, 11) is 0. The zero-order valence-electron chi connectivity index (χ0n) is 7.26. The van der Waals surface area contributed by atoms with Gasteiger partial charge in [0, 0.05) is 0 Å². The van der Waals surface area contributed by atoms with Crippen LogP contribution in [0.2, 0.25) is 0 Å². The minimum atomic E-state index is -0.247. The Hall–Kier alpha value is 0.452. The van der Waals surface area contributed by atoms with Gasteiger partial charge in [0.15, 0.2) is 0 Å². The molecule has 10 heavy (non-hydrogen) atoms. The molecule has 58 valence electrons. The van der Waals surface area contributed by atoms with E-state index in [0.29, 0.717) is 12.2 Å². The Labute approximate surface area is 70.3 Å². The van der Waals surface area contributed by atoms with E-state index in [1.807, 2.05) is 13.8 Å². The number of rotatable bonds is 5. The van der Waals surface area contributed by atoms with Crippen molar-refractivity contribution < 1.29 is 7.58 Å². The molecule has 0 aliphatic heterocycles. The van der Waals surface area contributed by atoms with Gasteiger partial charge in [-0.05, 0) is 0 Å². The molecule has 0 aromatic carbocycles. The maximum absolute atomic E-state index is 5.36. The SMILES string of the molecule is CCC(C)[O][Al+][O]C(C)C. The van der Waals surface area contributed by atoms with Crippen molar-refractivity contribution in [2.24, 2.45) is 0 Å². The summed E-state index contributed by atoms with van der Waals surface area (Å²) in [6.45, 7) is 8.22. The van der Waals surface area contributed by atoms with Crippen molar-refractivity contribution in [1.29, 1.82) is 0 Å². The molecule has 3 heteroatoms. The Balaban J connectivity index is 3.03. The molecule has 0 bridgehead atoms. The fraction of sp³-hybridized carbons (Fsp3) is 1.00. The van der Waals surface area contributed by atoms with Crippen LogP contribution in [0.4, 0.5) is 0 Å². The zero-order chi connectivity index (χ0) is 7.98. The molecule has 0 aliphatic rings. The van der Waals surface area contributed by atoms with Crippen LogP contribution in [0.5, 0.6) is 0 Å². The third-order valence-electron chi connectivity index (χ3n) is 1.19. The van der Waals surface area contributed by atoms with E-state index >= 15 is 0 Å². The summed E-state index contributed by atoms with van der Waals surface area (Å²) < 4.78 is 10.6. The first-order valence-electron chi connectivity index (χ1n) is 3.79. The van der Waals surface area contributed by atoms with Crippen LogP contribution in [-0.2, 0) is 7.58 Å². The van der Waals surface area contributed by atoms with Gasteiger partial charge in [-0.1, -0.05) is 0 Å². The van der Waals surface area contributed by atoms with Crippen molar-refractivity contribution in [2.45, 2.75) is 46.3 Å². The van der Waals surface area contributed by atoms with Crippen molar-refractivity contribution in [1.82, 2.24) is 0 Å². The second-order valence-corrected chi connectivity index (χ2v) is 3.37. The van der Waals surface area contributed by atoms with Gasteiger partial charge in [-0.2, -0.15) is 0 Å². The van der Waals surface area contributed by atoms with Crippen LogP contribution in [0.1, 0.15) is 34.1 Å². The summed E-state index contributed by atoms with van der Waals surface area (Å²) in [6, 6.07) is 0. The van der Waals surface area contributed by atoms with E-state index in [2.05, 4.69) is 13.8 Å². The van der Waals surface area contributed by atoms with Gasteiger partial charge >= 0.3 is 69.8 Å². The van der Waals surface area contributed by atoms with E-state index in [-0.39, 0.29) is 15.9 Å². The van der Waals surface area contributed by atoms with Crippen molar-refractivity contribution in [3.63, 3.8) is 0 Å². The summed E-state index contributed by atoms with van der Waals surface area (Å²) in [4.78, 5) is 0. The summed E-state index contributed by atoms with van der Waals surface area (Å²) in [5.74, 6) is 0. The minimum absolute atomic E-state index is 0.247. The van der Waals surface area contributed by atoms with Gasteiger partial charge < -0.3 is 0 Å². The van der Waals surface area contributed by atoms with Gasteiger partial charge in [0.25, 0.3) is 0 Å². The number of hydrogen-bond donors (Lipinski definition) is 0. The first-order chi connectivity index (χ1) is 4.66. The monoisotopic (exact) mass is 159 g/mol. The van der Waals surface area contributed by atoms with Gasteiger partial charge in [0.2, 0.25) is 0 Å². The van der Waals surface area contributed by atoms with E-state index in [1.54, 1.807) is 0 Å². The van der Waals surface area contributed by atoms with Gasteiger partial charge in [-0.15, -0.1) is 0 Å². The van der Waals surface area contributed by atoms with Crippen molar-refractivity contribution in [3.8, 4) is 0 Å². The van der Waals surface area contributed by atoms with Gasteiger partial charge in [0.1, 0.15) is 0 Å². The first-order valence-corrected chi connectivity index (χ1v) is 4.73. The Kier molecular flexibility index (Phi) is 6.46. The number of hydrogen-bond acceptors (Lipinski definition) is 2. The summed E-state index contributed by atoms with van der Waals surface area (Å²) in [5, 5.41) is 0. The fourth-order valence-corrected chi connectivity index (χ4v) is 1.00. The molecule has 0 aliphatic carbocycles. The van der Waals surface area contributed by atoms with Crippen molar-refractivity contribution in [2.75, 3.05) is 0 Å². The Bertz CT molecular complexity index is 76.0. The predicted octanol–water partition coefficient (Wildman–Crippen LogP) is 1.76. The average Bonchev–Trinajstić information content (AvgIpc) is 1.87. The molecule has 0 saturated heterocycles. The van der Waals surface area contributed by atoms with E-state index < -0.39 is 0 Å². The third-order valence-corrected chi connectivity index (χ3v) is 2.42. The molecule has 0 saturated carbocycles. The van der Waals surface area contributed by atoms with E-state index in [4.69, 9.17) is 7.58 Å². The molecule has 0 fully saturated rings. The molecule has 0 amide bonds. The van der Waals surface area contributed by atoms with Gasteiger partial charge in [-0.3, -0.25) is 0 Å². The summed E-state index contributed by atoms with van der Waals surface area (Å²) in [6.07, 6.45) is 1.72. The zero-order valence-corrected chi connectivity index (χ0v) is 8.41. The molecule has 0 N–H and O–H groups in total. The van der Waals surface area contributed by atoms with Crippen LogP contribution < -0.4 is 0 Å². The predicted molar refractivity (Wildman–Crippen MR) is 42.8 cm³/mol. The fourth-order valence-electron chi connectivity index (χ4n) is 0.334. The van der Waals surface area contributed by atoms with Crippen molar-refractivity contribution in [3.05, 3.63) is 0 Å². The van der Waals surface area contributed by atoms with Crippen LogP contribution in [0.15, 0.2) is 0 Å². The Morgan fingerprint density at radius 1 is 1.20 bits per heavy atom. The van der Waals surface area contributed by atoms with Crippen LogP contribution in [-0.4, -0.2) is 28.1 Å². The topological polar surface area (TPSA) is 18.5 Å². The molecule has 1 unspecified atom stereocenters. The van der Waals surface area contributed by atoms with Crippen molar-refractivity contribution >= 4 is 15.9 Å². The maximum atomic E-state index is 5.36. The Morgan fingerprint density at radius 3 is 2.20 bits per heavy atom. The average molecular weight is 159 g/mol. The second-order valence-electron chi connectivity index (χ2n) is 2.64. The first kappa shape index (κ1) is 10.5. The second kappa shape index (κ2) is 6.18. The molecule has 0 radical (unpaired) electrons. The van der Waals surface area contributed by atoms with Crippen LogP contribution in [0.3, 0.4) is 0 Å². The standard InChI is InChI=1S/C4H9O.C3H7O.Al/c1-3-4(2)5;1-3(2)4;/h4H,3H2,1-2H3;3H,1-2H3;/q2*-1;+3. The van der Waals surface area contributed by atoms with Crippen LogP contribution in [0, 0.1) is 0 Å². The van der Waals surface area contributed by atoms with Crippen LogP contribution in [0.25, 0.3) is 0 Å². The molecule has 2 nitrogen and oxygen atoms in total. The third kappa shape index (κ3) is 6.57.